The van der Waals surface area contributed by atoms with Crippen molar-refractivity contribution in [3.8, 4) is 0 Å². The Bertz CT molecular complexity index is 646. The molecule has 106 valence electrons. The van der Waals surface area contributed by atoms with Gasteiger partial charge in [-0.15, -0.1) is 0 Å². The minimum atomic E-state index is -0.611. The molecule has 3 atom stereocenters. The van der Waals surface area contributed by atoms with E-state index in [4.69, 9.17) is 0 Å². The van der Waals surface area contributed by atoms with Crippen LogP contribution in [0.15, 0.2) is 60.7 Å². The molecular formula is C19H18O2. The number of hydrogen-bond acceptors (Lipinski definition) is 2. The fourth-order valence-electron chi connectivity index (χ4n) is 3.17. The van der Waals surface area contributed by atoms with Gasteiger partial charge in [0.1, 0.15) is 5.92 Å². The summed E-state index contributed by atoms with van der Waals surface area (Å²) in [6.45, 7) is 1.93. The molecule has 1 aliphatic rings. The van der Waals surface area contributed by atoms with Crippen molar-refractivity contribution in [2.75, 3.05) is 0 Å². The summed E-state index contributed by atoms with van der Waals surface area (Å²) >= 11 is 0. The van der Waals surface area contributed by atoms with Crippen LogP contribution in [0.1, 0.15) is 36.3 Å². The van der Waals surface area contributed by atoms with Gasteiger partial charge in [0.25, 0.3) is 0 Å². The van der Waals surface area contributed by atoms with Crippen molar-refractivity contribution >= 4 is 11.6 Å². The summed E-state index contributed by atoms with van der Waals surface area (Å²) in [5, 5.41) is 0. The van der Waals surface area contributed by atoms with Gasteiger partial charge in [0.2, 0.25) is 0 Å². The summed E-state index contributed by atoms with van der Waals surface area (Å²) in [6.07, 6.45) is 0.616. The molecule has 0 spiro atoms. The molecule has 2 aromatic rings. The van der Waals surface area contributed by atoms with Gasteiger partial charge in [-0.3, -0.25) is 9.59 Å². The summed E-state index contributed by atoms with van der Waals surface area (Å²) in [5.74, 6) is -0.781. The van der Waals surface area contributed by atoms with Crippen molar-refractivity contribution < 1.29 is 9.59 Å². The zero-order chi connectivity index (χ0) is 14.8. The Labute approximate surface area is 124 Å². The topological polar surface area (TPSA) is 34.1 Å². The molecular weight excluding hydrogens is 260 g/mol. The molecule has 0 heterocycles. The van der Waals surface area contributed by atoms with Crippen LogP contribution in [-0.4, -0.2) is 11.6 Å². The van der Waals surface area contributed by atoms with E-state index in [-0.39, 0.29) is 23.4 Å². The summed E-state index contributed by atoms with van der Waals surface area (Å²) in [7, 11) is 0. The largest absolute Gasteiger partial charge is 0.298 e. The molecule has 21 heavy (non-hydrogen) atoms. The molecule has 0 amide bonds. The van der Waals surface area contributed by atoms with Crippen LogP contribution in [0.5, 0.6) is 0 Å². The van der Waals surface area contributed by atoms with Crippen molar-refractivity contribution in [3.63, 3.8) is 0 Å². The van der Waals surface area contributed by atoms with Crippen LogP contribution >= 0.6 is 0 Å². The lowest BCUT2D eigenvalue weighted by molar-refractivity contribution is -0.135. The minimum absolute atomic E-state index is 0.0375. The average Bonchev–Trinajstić information content (AvgIpc) is 2.53. The number of benzene rings is 2. The molecule has 0 radical (unpaired) electrons. The van der Waals surface area contributed by atoms with Crippen molar-refractivity contribution in [1.29, 1.82) is 0 Å². The third-order valence-corrected chi connectivity index (χ3v) is 4.32. The highest BCUT2D eigenvalue weighted by molar-refractivity contribution is 6.12. The summed E-state index contributed by atoms with van der Waals surface area (Å²) in [4.78, 5) is 25.4. The van der Waals surface area contributed by atoms with Crippen molar-refractivity contribution in [2.24, 2.45) is 5.92 Å². The van der Waals surface area contributed by atoms with E-state index in [1.165, 1.54) is 0 Å². The van der Waals surface area contributed by atoms with Gasteiger partial charge in [0, 0.05) is 11.8 Å². The van der Waals surface area contributed by atoms with Crippen LogP contribution in [0.3, 0.4) is 0 Å². The first-order valence-electron chi connectivity index (χ1n) is 7.36. The Kier molecular flexibility index (Phi) is 3.70. The SMILES string of the molecule is CC1CC(c2ccccc2)C(=O)C(c2ccccc2)C1=O. The fourth-order valence-corrected chi connectivity index (χ4v) is 3.17. The van der Waals surface area contributed by atoms with E-state index in [0.29, 0.717) is 6.42 Å². The highest BCUT2D eigenvalue weighted by Gasteiger charge is 2.42. The molecule has 3 unspecified atom stereocenters. The van der Waals surface area contributed by atoms with Gasteiger partial charge in [0.05, 0.1) is 0 Å². The number of rotatable bonds is 2. The highest BCUT2D eigenvalue weighted by atomic mass is 16.2. The quantitative estimate of drug-likeness (QED) is 0.784. The summed E-state index contributed by atoms with van der Waals surface area (Å²) < 4.78 is 0. The number of Topliss-reactive ketones (excluding diaryl/α,β-unsaturated/α-hetero) is 2. The molecule has 2 nitrogen and oxygen atoms in total. The van der Waals surface area contributed by atoms with Crippen LogP contribution in [0.25, 0.3) is 0 Å². The van der Waals surface area contributed by atoms with Gasteiger partial charge in [-0.2, -0.15) is 0 Å². The van der Waals surface area contributed by atoms with E-state index in [0.717, 1.165) is 11.1 Å². The fraction of sp³-hybridized carbons (Fsp3) is 0.263. The molecule has 0 bridgehead atoms. The third-order valence-electron chi connectivity index (χ3n) is 4.32. The normalized spacial score (nSPS) is 25.9. The van der Waals surface area contributed by atoms with E-state index in [1.54, 1.807) is 0 Å². The second kappa shape index (κ2) is 5.65. The molecule has 2 heteroatoms. The molecule has 0 saturated heterocycles. The number of carbonyl (C=O) groups excluding carboxylic acids is 2. The van der Waals surface area contributed by atoms with Crippen LogP contribution in [0, 0.1) is 5.92 Å². The van der Waals surface area contributed by atoms with Crippen molar-refractivity contribution in [2.45, 2.75) is 25.2 Å². The lowest BCUT2D eigenvalue weighted by Crippen LogP contribution is -2.37. The van der Waals surface area contributed by atoms with Crippen LogP contribution in [-0.2, 0) is 9.59 Å². The van der Waals surface area contributed by atoms with E-state index >= 15 is 0 Å². The van der Waals surface area contributed by atoms with E-state index in [2.05, 4.69) is 0 Å². The zero-order valence-electron chi connectivity index (χ0n) is 12.0. The maximum atomic E-state index is 12.9. The van der Waals surface area contributed by atoms with Gasteiger partial charge in [-0.1, -0.05) is 67.6 Å². The Morgan fingerprint density at radius 2 is 1.29 bits per heavy atom. The van der Waals surface area contributed by atoms with Crippen LogP contribution in [0.2, 0.25) is 0 Å². The van der Waals surface area contributed by atoms with E-state index in [1.807, 2.05) is 67.6 Å². The number of hydrogen-bond donors (Lipinski definition) is 0. The Morgan fingerprint density at radius 1 is 0.762 bits per heavy atom. The Hall–Kier alpha value is -2.22. The van der Waals surface area contributed by atoms with Crippen LogP contribution in [0.4, 0.5) is 0 Å². The summed E-state index contributed by atoms with van der Waals surface area (Å²) in [5.41, 5.74) is 1.84. The molecule has 0 N–H and O–H groups in total. The monoisotopic (exact) mass is 278 g/mol. The second-order valence-corrected chi connectivity index (χ2v) is 5.75. The molecule has 2 aromatic carbocycles. The molecule has 1 saturated carbocycles. The first kappa shape index (κ1) is 13.7. The predicted octanol–water partition coefficient (Wildman–Crippen LogP) is 3.73. The van der Waals surface area contributed by atoms with Crippen molar-refractivity contribution in [1.82, 2.24) is 0 Å². The maximum Gasteiger partial charge on any atom is 0.155 e. The molecule has 0 aliphatic heterocycles. The van der Waals surface area contributed by atoms with Crippen molar-refractivity contribution in [3.05, 3.63) is 71.8 Å². The lowest BCUT2D eigenvalue weighted by atomic mass is 9.69. The number of ketones is 2. The molecule has 1 fully saturated rings. The molecule has 1 aliphatic carbocycles. The van der Waals surface area contributed by atoms with Gasteiger partial charge in [-0.25, -0.2) is 0 Å². The second-order valence-electron chi connectivity index (χ2n) is 5.75. The maximum absolute atomic E-state index is 12.9. The average molecular weight is 278 g/mol. The summed E-state index contributed by atoms with van der Waals surface area (Å²) in [6, 6.07) is 19.2. The Balaban J connectivity index is 2.00. The standard InChI is InChI=1S/C19H18O2/c1-13-12-16(14-8-4-2-5-9-14)19(21)17(18(13)20)15-10-6-3-7-11-15/h2-11,13,16-17H,12H2,1H3. The molecule has 3 rings (SSSR count). The van der Waals surface area contributed by atoms with Gasteiger partial charge >= 0.3 is 0 Å². The van der Waals surface area contributed by atoms with Gasteiger partial charge in [-0.05, 0) is 17.5 Å². The smallest absolute Gasteiger partial charge is 0.155 e. The van der Waals surface area contributed by atoms with Crippen LogP contribution < -0.4 is 0 Å². The van der Waals surface area contributed by atoms with E-state index in [9.17, 15) is 9.59 Å². The van der Waals surface area contributed by atoms with Gasteiger partial charge < -0.3 is 0 Å². The van der Waals surface area contributed by atoms with E-state index < -0.39 is 5.92 Å². The number of carbonyl (C=O) groups is 2. The minimum Gasteiger partial charge on any atom is -0.298 e. The zero-order valence-corrected chi connectivity index (χ0v) is 12.0. The lowest BCUT2D eigenvalue weighted by Gasteiger charge is -2.31. The highest BCUT2D eigenvalue weighted by Crippen LogP contribution is 2.38. The third kappa shape index (κ3) is 2.54. The Morgan fingerprint density at radius 3 is 1.86 bits per heavy atom. The molecule has 0 aromatic heterocycles. The first-order valence-corrected chi connectivity index (χ1v) is 7.36. The van der Waals surface area contributed by atoms with Gasteiger partial charge in [0.15, 0.2) is 11.6 Å². The predicted molar refractivity (Wildman–Crippen MR) is 82.2 cm³/mol. The first-order chi connectivity index (χ1) is 10.2.